The van der Waals surface area contributed by atoms with Gasteiger partial charge in [-0.05, 0) is 63.6 Å². The number of aryl methyl sites for hydroxylation is 2. The molecule has 0 aromatic heterocycles. The number of rotatable bonds is 5. The molecule has 1 amide bonds. The van der Waals surface area contributed by atoms with Crippen LogP contribution >= 0.6 is 0 Å². The number of carbonyl (C=O) groups excluding carboxylic acids is 3. The van der Waals surface area contributed by atoms with Crippen LogP contribution in [-0.4, -0.2) is 23.8 Å². The second kappa shape index (κ2) is 7.75. The van der Waals surface area contributed by atoms with Gasteiger partial charge < -0.3 is 10.1 Å². The van der Waals surface area contributed by atoms with Crippen LogP contribution in [0.5, 0.6) is 0 Å². The molecular formula is C20H21NO4. The molecule has 0 aliphatic carbocycles. The van der Waals surface area contributed by atoms with E-state index in [9.17, 15) is 14.4 Å². The zero-order chi connectivity index (χ0) is 18.6. The summed E-state index contributed by atoms with van der Waals surface area (Å²) in [5, 5.41) is 2.66. The predicted molar refractivity (Wildman–Crippen MR) is 95.9 cm³/mol. The highest BCUT2D eigenvalue weighted by atomic mass is 16.5. The second-order valence-corrected chi connectivity index (χ2v) is 5.99. The van der Waals surface area contributed by atoms with Gasteiger partial charge in [-0.1, -0.05) is 17.7 Å². The first kappa shape index (κ1) is 18.4. The Labute approximate surface area is 147 Å². The topological polar surface area (TPSA) is 72.5 Å². The summed E-state index contributed by atoms with van der Waals surface area (Å²) in [5.41, 5.74) is 3.28. The van der Waals surface area contributed by atoms with Gasteiger partial charge in [0.25, 0.3) is 5.91 Å². The van der Waals surface area contributed by atoms with Crippen LogP contribution in [0.4, 0.5) is 5.69 Å². The van der Waals surface area contributed by atoms with Crippen LogP contribution in [0.3, 0.4) is 0 Å². The summed E-state index contributed by atoms with van der Waals surface area (Å²) in [7, 11) is 0. The van der Waals surface area contributed by atoms with Crippen LogP contribution in [0.15, 0.2) is 42.5 Å². The van der Waals surface area contributed by atoms with Gasteiger partial charge in [-0.2, -0.15) is 0 Å². The average Bonchev–Trinajstić information content (AvgIpc) is 2.57. The number of esters is 1. The fourth-order valence-corrected chi connectivity index (χ4v) is 2.27. The Morgan fingerprint density at radius 1 is 1.00 bits per heavy atom. The monoisotopic (exact) mass is 339 g/mol. The minimum Gasteiger partial charge on any atom is -0.449 e. The van der Waals surface area contributed by atoms with E-state index in [0.29, 0.717) is 16.8 Å². The van der Waals surface area contributed by atoms with Crippen molar-refractivity contribution in [2.24, 2.45) is 0 Å². The summed E-state index contributed by atoms with van der Waals surface area (Å²) in [6, 6.07) is 12.0. The fourth-order valence-electron chi connectivity index (χ4n) is 2.27. The summed E-state index contributed by atoms with van der Waals surface area (Å²) < 4.78 is 5.26. The first-order valence-corrected chi connectivity index (χ1v) is 7.98. The predicted octanol–water partition coefficient (Wildman–Crippen LogP) is 3.69. The molecule has 0 spiro atoms. The molecule has 0 saturated heterocycles. The number of nitrogens with one attached hydrogen (secondary N) is 1. The van der Waals surface area contributed by atoms with Crippen molar-refractivity contribution in [3.63, 3.8) is 0 Å². The van der Waals surface area contributed by atoms with Gasteiger partial charge in [0.1, 0.15) is 0 Å². The maximum absolute atomic E-state index is 12.3. The van der Waals surface area contributed by atoms with Crippen LogP contribution in [-0.2, 0) is 9.53 Å². The van der Waals surface area contributed by atoms with E-state index in [1.54, 1.807) is 30.3 Å². The number of hydrogen-bond acceptors (Lipinski definition) is 4. The summed E-state index contributed by atoms with van der Waals surface area (Å²) in [4.78, 5) is 35.7. The molecule has 2 aromatic carbocycles. The Bertz CT molecular complexity index is 809. The summed E-state index contributed by atoms with van der Waals surface area (Å²) in [6.07, 6.45) is -0.945. The van der Waals surface area contributed by atoms with Crippen molar-refractivity contribution in [2.75, 3.05) is 5.32 Å². The molecule has 2 aromatic rings. The van der Waals surface area contributed by atoms with E-state index in [1.807, 2.05) is 26.0 Å². The van der Waals surface area contributed by atoms with Crippen molar-refractivity contribution in [3.8, 4) is 0 Å². The zero-order valence-corrected chi connectivity index (χ0v) is 14.8. The standard InChI is InChI=1S/C20H21NO4/c1-12-5-6-13(2)18(11-12)20(24)25-15(4)19(23)21-17-9-7-16(8-10-17)14(3)22/h5-11,15H,1-4H3,(H,21,23)/t15-/m1/s1. The molecule has 0 aliphatic heterocycles. The molecule has 2 rings (SSSR count). The Hall–Kier alpha value is -2.95. The molecule has 1 atom stereocenters. The third kappa shape index (κ3) is 4.76. The number of ether oxygens (including phenoxy) is 1. The van der Waals surface area contributed by atoms with E-state index in [2.05, 4.69) is 5.32 Å². The molecule has 0 radical (unpaired) electrons. The van der Waals surface area contributed by atoms with Gasteiger partial charge in [0.15, 0.2) is 11.9 Å². The minimum atomic E-state index is -0.945. The van der Waals surface area contributed by atoms with Gasteiger partial charge in [-0.3, -0.25) is 9.59 Å². The Morgan fingerprint density at radius 2 is 1.64 bits per heavy atom. The molecule has 5 heteroatoms. The first-order valence-electron chi connectivity index (χ1n) is 7.98. The van der Waals surface area contributed by atoms with Gasteiger partial charge in [0.2, 0.25) is 0 Å². The molecule has 0 aliphatic rings. The highest BCUT2D eigenvalue weighted by Crippen LogP contribution is 2.14. The van der Waals surface area contributed by atoms with Gasteiger partial charge in [0.05, 0.1) is 5.56 Å². The minimum absolute atomic E-state index is 0.0475. The average molecular weight is 339 g/mol. The van der Waals surface area contributed by atoms with Gasteiger partial charge >= 0.3 is 5.97 Å². The SMILES string of the molecule is CC(=O)c1ccc(NC(=O)[C@@H](C)OC(=O)c2cc(C)ccc2C)cc1. The molecule has 0 bridgehead atoms. The lowest BCUT2D eigenvalue weighted by Gasteiger charge is -2.15. The maximum Gasteiger partial charge on any atom is 0.339 e. The lowest BCUT2D eigenvalue weighted by Crippen LogP contribution is -2.30. The summed E-state index contributed by atoms with van der Waals surface area (Å²) >= 11 is 0. The van der Waals surface area contributed by atoms with Crippen LogP contribution in [0.1, 0.15) is 45.7 Å². The zero-order valence-electron chi connectivity index (χ0n) is 14.8. The largest absolute Gasteiger partial charge is 0.449 e. The number of hydrogen-bond donors (Lipinski definition) is 1. The number of benzene rings is 2. The van der Waals surface area contributed by atoms with Gasteiger partial charge in [-0.15, -0.1) is 0 Å². The Kier molecular flexibility index (Phi) is 5.70. The lowest BCUT2D eigenvalue weighted by atomic mass is 10.1. The molecule has 1 N–H and O–H groups in total. The molecule has 130 valence electrons. The smallest absolute Gasteiger partial charge is 0.339 e. The van der Waals surface area contributed by atoms with E-state index < -0.39 is 18.0 Å². The molecule has 0 saturated carbocycles. The van der Waals surface area contributed by atoms with Crippen LogP contribution in [0.2, 0.25) is 0 Å². The second-order valence-electron chi connectivity index (χ2n) is 5.99. The number of carbonyl (C=O) groups is 3. The highest BCUT2D eigenvalue weighted by Gasteiger charge is 2.20. The molecule has 0 unspecified atom stereocenters. The molecule has 0 heterocycles. The Balaban J connectivity index is 2.01. The van der Waals surface area contributed by atoms with Crippen molar-refractivity contribution in [2.45, 2.75) is 33.8 Å². The fraction of sp³-hybridized carbons (Fsp3) is 0.250. The number of ketones is 1. The normalized spacial score (nSPS) is 11.5. The summed E-state index contributed by atoms with van der Waals surface area (Å²) in [6.45, 7) is 6.69. The van der Waals surface area contributed by atoms with E-state index >= 15 is 0 Å². The molecule has 0 fully saturated rings. The molecule has 25 heavy (non-hydrogen) atoms. The van der Waals surface area contributed by atoms with Crippen molar-refractivity contribution in [3.05, 3.63) is 64.7 Å². The first-order chi connectivity index (χ1) is 11.8. The lowest BCUT2D eigenvalue weighted by molar-refractivity contribution is -0.123. The Morgan fingerprint density at radius 3 is 2.24 bits per heavy atom. The molecular weight excluding hydrogens is 318 g/mol. The summed E-state index contributed by atoms with van der Waals surface area (Å²) in [5.74, 6) is -1.02. The maximum atomic E-state index is 12.3. The van der Waals surface area contributed by atoms with Crippen molar-refractivity contribution < 1.29 is 19.1 Å². The van der Waals surface area contributed by atoms with Gasteiger partial charge in [0, 0.05) is 11.3 Å². The van der Waals surface area contributed by atoms with Crippen LogP contribution < -0.4 is 5.32 Å². The highest BCUT2D eigenvalue weighted by molar-refractivity contribution is 5.98. The quantitative estimate of drug-likeness (QED) is 0.666. The van der Waals surface area contributed by atoms with E-state index in [1.165, 1.54) is 13.8 Å². The number of anilines is 1. The number of amides is 1. The van der Waals surface area contributed by atoms with Crippen molar-refractivity contribution in [1.82, 2.24) is 0 Å². The van der Waals surface area contributed by atoms with Crippen molar-refractivity contribution >= 4 is 23.3 Å². The van der Waals surface area contributed by atoms with E-state index in [0.717, 1.165) is 11.1 Å². The van der Waals surface area contributed by atoms with Gasteiger partial charge in [-0.25, -0.2) is 4.79 Å². The third-order valence-electron chi connectivity index (χ3n) is 3.82. The van der Waals surface area contributed by atoms with E-state index in [-0.39, 0.29) is 5.78 Å². The third-order valence-corrected chi connectivity index (χ3v) is 3.82. The van der Waals surface area contributed by atoms with Crippen LogP contribution in [0.25, 0.3) is 0 Å². The number of Topliss-reactive ketones (excluding diaryl/α,β-unsaturated/α-hetero) is 1. The molecule has 5 nitrogen and oxygen atoms in total. The van der Waals surface area contributed by atoms with Crippen molar-refractivity contribution in [1.29, 1.82) is 0 Å². The van der Waals surface area contributed by atoms with Crippen LogP contribution in [0, 0.1) is 13.8 Å². The van der Waals surface area contributed by atoms with E-state index in [4.69, 9.17) is 4.74 Å².